The fourth-order valence-corrected chi connectivity index (χ4v) is 2.30. The fraction of sp³-hybridized carbons (Fsp3) is 0.400. The lowest BCUT2D eigenvalue weighted by atomic mass is 10.0. The first-order valence-electron chi connectivity index (χ1n) is 7.01. The molecule has 4 N–H and O–H groups in total. The van der Waals surface area contributed by atoms with E-state index >= 15 is 0 Å². The molecule has 118 valence electrons. The quantitative estimate of drug-likeness (QED) is 0.657. The second-order valence-corrected chi connectivity index (χ2v) is 5.17. The van der Waals surface area contributed by atoms with Gasteiger partial charge in [-0.3, -0.25) is 14.4 Å². The maximum Gasteiger partial charge on any atom is 0.243 e. The summed E-state index contributed by atoms with van der Waals surface area (Å²) in [7, 11) is 1.57. The van der Waals surface area contributed by atoms with E-state index in [1.165, 1.54) is 0 Å². The Labute approximate surface area is 128 Å². The van der Waals surface area contributed by atoms with E-state index in [9.17, 15) is 14.4 Å². The molecule has 1 aliphatic heterocycles. The summed E-state index contributed by atoms with van der Waals surface area (Å²) in [4.78, 5) is 34.7. The Hall–Kier alpha value is -2.57. The largest absolute Gasteiger partial charge is 0.497 e. The van der Waals surface area contributed by atoms with Gasteiger partial charge in [-0.15, -0.1) is 0 Å². The molecule has 1 fully saturated rings. The number of hydrogen-bond acceptors (Lipinski definition) is 4. The van der Waals surface area contributed by atoms with Crippen LogP contribution in [0, 0.1) is 0 Å². The van der Waals surface area contributed by atoms with Crippen LogP contribution < -0.4 is 21.1 Å². The molecule has 1 aromatic rings. The number of carbonyl (C=O) groups excluding carboxylic acids is 3. The molecular formula is C15H19N3O4. The van der Waals surface area contributed by atoms with Crippen molar-refractivity contribution in [2.45, 2.75) is 31.3 Å². The number of benzene rings is 1. The third-order valence-electron chi connectivity index (χ3n) is 3.57. The molecule has 0 unspecified atom stereocenters. The van der Waals surface area contributed by atoms with Crippen molar-refractivity contribution < 1.29 is 19.1 Å². The Morgan fingerprint density at radius 2 is 2.09 bits per heavy atom. The Bertz CT molecular complexity index is 571. The average molecular weight is 305 g/mol. The van der Waals surface area contributed by atoms with Crippen LogP contribution in [0.2, 0.25) is 0 Å². The molecule has 3 amide bonds. The number of hydrogen-bond donors (Lipinski definition) is 3. The number of amides is 3. The van der Waals surface area contributed by atoms with Crippen molar-refractivity contribution in [1.82, 2.24) is 10.6 Å². The molecule has 0 aromatic heterocycles. The van der Waals surface area contributed by atoms with Crippen molar-refractivity contribution in [3.8, 4) is 5.75 Å². The van der Waals surface area contributed by atoms with Crippen molar-refractivity contribution in [2.75, 3.05) is 7.11 Å². The molecule has 0 aliphatic carbocycles. The summed E-state index contributed by atoms with van der Waals surface area (Å²) in [5.41, 5.74) is 6.20. The van der Waals surface area contributed by atoms with Gasteiger partial charge in [0.2, 0.25) is 17.7 Å². The molecule has 22 heavy (non-hydrogen) atoms. The monoisotopic (exact) mass is 305 g/mol. The molecular weight excluding hydrogens is 286 g/mol. The van der Waals surface area contributed by atoms with E-state index in [1.807, 2.05) is 0 Å². The lowest BCUT2D eigenvalue weighted by Gasteiger charge is -2.18. The molecule has 0 radical (unpaired) electrons. The van der Waals surface area contributed by atoms with Gasteiger partial charge in [-0.25, -0.2) is 0 Å². The van der Waals surface area contributed by atoms with Crippen LogP contribution in [0.1, 0.15) is 18.4 Å². The summed E-state index contributed by atoms with van der Waals surface area (Å²) in [6.45, 7) is 0. The minimum atomic E-state index is -0.821. The van der Waals surface area contributed by atoms with Crippen molar-refractivity contribution in [3.63, 3.8) is 0 Å². The SMILES string of the molecule is COc1ccc(C[C@H](NC(=O)[C@@H]2CCC(=O)N2)C(N)=O)cc1. The molecule has 1 aliphatic rings. The summed E-state index contributed by atoms with van der Waals surface area (Å²) in [6, 6.07) is 5.73. The van der Waals surface area contributed by atoms with E-state index in [4.69, 9.17) is 10.5 Å². The van der Waals surface area contributed by atoms with E-state index in [-0.39, 0.29) is 18.2 Å². The van der Waals surface area contributed by atoms with Crippen LogP contribution in [0.25, 0.3) is 0 Å². The Kier molecular flexibility index (Phi) is 4.98. The summed E-state index contributed by atoms with van der Waals surface area (Å²) in [5.74, 6) is -0.459. The third-order valence-corrected chi connectivity index (χ3v) is 3.57. The average Bonchev–Trinajstić information content (AvgIpc) is 2.94. The smallest absolute Gasteiger partial charge is 0.243 e. The van der Waals surface area contributed by atoms with Gasteiger partial charge in [-0.1, -0.05) is 12.1 Å². The lowest BCUT2D eigenvalue weighted by molar-refractivity contribution is -0.129. The molecule has 2 atom stereocenters. The topological polar surface area (TPSA) is 111 Å². The Morgan fingerprint density at radius 3 is 2.59 bits per heavy atom. The second kappa shape index (κ2) is 6.93. The van der Waals surface area contributed by atoms with Gasteiger partial charge in [-0.05, 0) is 24.1 Å². The van der Waals surface area contributed by atoms with Gasteiger partial charge in [-0.2, -0.15) is 0 Å². The molecule has 7 heteroatoms. The molecule has 0 spiro atoms. The number of nitrogens with one attached hydrogen (secondary N) is 2. The van der Waals surface area contributed by atoms with Crippen molar-refractivity contribution in [2.24, 2.45) is 5.73 Å². The molecule has 2 rings (SSSR count). The highest BCUT2D eigenvalue weighted by atomic mass is 16.5. The number of primary amides is 1. The standard InChI is InChI=1S/C15H19N3O4/c1-22-10-4-2-9(3-5-10)8-12(14(16)20)18-15(21)11-6-7-13(19)17-11/h2-5,11-12H,6-8H2,1H3,(H2,16,20)(H,17,19)(H,18,21)/t11-,12-/m0/s1. The minimum Gasteiger partial charge on any atom is -0.497 e. The zero-order valence-corrected chi connectivity index (χ0v) is 12.3. The van der Waals surface area contributed by atoms with E-state index in [0.29, 0.717) is 18.6 Å². The van der Waals surface area contributed by atoms with Gasteiger partial charge >= 0.3 is 0 Å². The van der Waals surface area contributed by atoms with Crippen molar-refractivity contribution in [3.05, 3.63) is 29.8 Å². The maximum absolute atomic E-state index is 12.0. The Balaban J connectivity index is 1.98. The fourth-order valence-electron chi connectivity index (χ4n) is 2.30. The third kappa shape index (κ3) is 3.97. The molecule has 1 saturated heterocycles. The van der Waals surface area contributed by atoms with Crippen molar-refractivity contribution in [1.29, 1.82) is 0 Å². The Morgan fingerprint density at radius 1 is 1.41 bits per heavy atom. The van der Waals surface area contributed by atoms with Crippen LogP contribution in [-0.4, -0.2) is 36.9 Å². The highest BCUT2D eigenvalue weighted by Gasteiger charge is 2.29. The van der Waals surface area contributed by atoms with Gasteiger partial charge in [0.1, 0.15) is 17.8 Å². The predicted octanol–water partition coefficient (Wildman–Crippen LogP) is -0.514. The second-order valence-electron chi connectivity index (χ2n) is 5.17. The first kappa shape index (κ1) is 15.8. The summed E-state index contributed by atoms with van der Waals surface area (Å²) in [6.07, 6.45) is 1.03. The van der Waals surface area contributed by atoms with E-state index in [1.54, 1.807) is 31.4 Å². The summed E-state index contributed by atoms with van der Waals surface area (Å²) < 4.78 is 5.06. The van der Waals surface area contributed by atoms with Gasteiger partial charge in [0, 0.05) is 12.8 Å². The molecule has 1 heterocycles. The van der Waals surface area contributed by atoms with Gasteiger partial charge in [0.25, 0.3) is 0 Å². The van der Waals surface area contributed by atoms with E-state index < -0.39 is 18.0 Å². The lowest BCUT2D eigenvalue weighted by Crippen LogP contribution is -2.51. The van der Waals surface area contributed by atoms with Crippen LogP contribution in [0.4, 0.5) is 0 Å². The van der Waals surface area contributed by atoms with Crippen LogP contribution >= 0.6 is 0 Å². The number of nitrogens with two attached hydrogens (primary N) is 1. The van der Waals surface area contributed by atoms with E-state index in [2.05, 4.69) is 10.6 Å². The van der Waals surface area contributed by atoms with Gasteiger partial charge in [0.05, 0.1) is 7.11 Å². The highest BCUT2D eigenvalue weighted by Crippen LogP contribution is 2.13. The molecule has 7 nitrogen and oxygen atoms in total. The summed E-state index contributed by atoms with van der Waals surface area (Å²) in [5, 5.41) is 5.15. The van der Waals surface area contributed by atoms with Gasteiger partial charge in [0.15, 0.2) is 0 Å². The normalized spacial score (nSPS) is 18.4. The number of ether oxygens (including phenoxy) is 1. The number of carbonyl (C=O) groups is 3. The van der Waals surface area contributed by atoms with Crippen LogP contribution in [0.3, 0.4) is 0 Å². The van der Waals surface area contributed by atoms with Crippen LogP contribution in [-0.2, 0) is 20.8 Å². The maximum atomic E-state index is 12.0. The number of methoxy groups -OCH3 is 1. The minimum absolute atomic E-state index is 0.161. The van der Waals surface area contributed by atoms with Gasteiger partial charge < -0.3 is 21.1 Å². The highest BCUT2D eigenvalue weighted by molar-refractivity contribution is 5.93. The zero-order chi connectivity index (χ0) is 16.1. The first-order valence-corrected chi connectivity index (χ1v) is 7.01. The van der Waals surface area contributed by atoms with E-state index in [0.717, 1.165) is 5.56 Å². The van der Waals surface area contributed by atoms with Crippen LogP contribution in [0.5, 0.6) is 5.75 Å². The molecule has 1 aromatic carbocycles. The summed E-state index contributed by atoms with van der Waals surface area (Å²) >= 11 is 0. The van der Waals surface area contributed by atoms with Crippen molar-refractivity contribution >= 4 is 17.7 Å². The molecule has 0 bridgehead atoms. The number of rotatable bonds is 6. The first-order chi connectivity index (χ1) is 10.5. The predicted molar refractivity (Wildman–Crippen MR) is 79.0 cm³/mol. The zero-order valence-electron chi connectivity index (χ0n) is 12.3. The van der Waals surface area contributed by atoms with Crippen LogP contribution in [0.15, 0.2) is 24.3 Å². The molecule has 0 saturated carbocycles.